The Kier molecular flexibility index (Phi) is 2.86. The van der Waals surface area contributed by atoms with Crippen LogP contribution in [-0.2, 0) is 0 Å². The van der Waals surface area contributed by atoms with Crippen molar-refractivity contribution >= 4 is 11.1 Å². The zero-order chi connectivity index (χ0) is 14.3. The van der Waals surface area contributed by atoms with Crippen molar-refractivity contribution in [2.75, 3.05) is 0 Å². The van der Waals surface area contributed by atoms with Gasteiger partial charge in [0.05, 0.1) is 0 Å². The van der Waals surface area contributed by atoms with Crippen LogP contribution in [0.4, 0.5) is 0 Å². The first-order valence-corrected chi connectivity index (χ1v) is 6.47. The van der Waals surface area contributed by atoms with Gasteiger partial charge >= 0.3 is 5.76 Å². The Morgan fingerprint density at radius 3 is 2.45 bits per heavy atom. The lowest BCUT2D eigenvalue weighted by molar-refractivity contribution is -0.683. The lowest BCUT2D eigenvalue weighted by Crippen LogP contribution is -2.50. The summed E-state index contributed by atoms with van der Waals surface area (Å²) >= 11 is 0. The zero-order valence-corrected chi connectivity index (χ0v) is 11.7. The number of hydrogen-bond acceptors (Lipinski definition) is 3. The van der Waals surface area contributed by atoms with E-state index in [2.05, 4.69) is 5.10 Å². The van der Waals surface area contributed by atoms with Crippen LogP contribution >= 0.6 is 0 Å². The van der Waals surface area contributed by atoms with Crippen molar-refractivity contribution in [1.29, 1.82) is 0 Å². The molecule has 0 aliphatic heterocycles. The maximum absolute atomic E-state index is 12.1. The van der Waals surface area contributed by atoms with Crippen molar-refractivity contribution < 1.29 is 9.10 Å². The van der Waals surface area contributed by atoms with Gasteiger partial charge in [0.2, 0.25) is 5.69 Å². The van der Waals surface area contributed by atoms with Crippen molar-refractivity contribution in [2.45, 2.75) is 20.8 Å². The van der Waals surface area contributed by atoms with E-state index in [9.17, 15) is 4.79 Å². The molecular weight excluding hydrogens is 252 g/mol. The quantitative estimate of drug-likeness (QED) is 0.636. The topological polar surface area (TPSA) is 47.0 Å². The van der Waals surface area contributed by atoms with Gasteiger partial charge in [-0.2, -0.15) is 4.79 Å². The molecule has 0 radical (unpaired) electrons. The summed E-state index contributed by atoms with van der Waals surface area (Å²) in [6, 6.07) is 11.3. The molecule has 1 aromatic heterocycles. The van der Waals surface area contributed by atoms with E-state index in [-0.39, 0.29) is 0 Å². The average molecular weight is 267 g/mol. The molecule has 0 amide bonds. The van der Waals surface area contributed by atoms with Gasteiger partial charge in [0.1, 0.15) is 0 Å². The normalized spacial score (nSPS) is 10.9. The second-order valence-electron chi connectivity index (χ2n) is 4.93. The number of nitrogens with zero attached hydrogens (tertiary/aromatic N) is 2. The first-order chi connectivity index (χ1) is 9.58. The molecule has 1 heterocycles. The summed E-state index contributed by atoms with van der Waals surface area (Å²) in [5, 5.41) is 4.48. The second kappa shape index (κ2) is 4.56. The number of hydrogen-bond donors (Lipinski definition) is 0. The highest BCUT2D eigenvalue weighted by molar-refractivity contribution is 5.79. The summed E-state index contributed by atoms with van der Waals surface area (Å²) in [5.74, 6) is -0.477. The van der Waals surface area contributed by atoms with Crippen LogP contribution in [0.1, 0.15) is 16.7 Å². The minimum absolute atomic E-state index is 0.477. The largest absolute Gasteiger partial charge is 0.634 e. The Labute approximate surface area is 116 Å². The van der Waals surface area contributed by atoms with Gasteiger partial charge in [-0.1, -0.05) is 24.3 Å². The van der Waals surface area contributed by atoms with E-state index in [0.717, 1.165) is 22.2 Å². The predicted octanol–water partition coefficient (Wildman–Crippen LogP) is 2.39. The molecule has 0 bridgehead atoms. The molecule has 3 aromatic rings. The first kappa shape index (κ1) is 12.5. The van der Waals surface area contributed by atoms with Crippen molar-refractivity contribution in [3.63, 3.8) is 0 Å². The van der Waals surface area contributed by atoms with E-state index in [4.69, 9.17) is 4.42 Å². The molecule has 0 fully saturated rings. The Morgan fingerprint density at radius 2 is 1.75 bits per heavy atom. The predicted molar refractivity (Wildman–Crippen MR) is 76.0 cm³/mol. The van der Waals surface area contributed by atoms with Crippen LogP contribution in [0.25, 0.3) is 16.8 Å². The number of rotatable bonds is 1. The summed E-state index contributed by atoms with van der Waals surface area (Å²) < 4.78 is 6.76. The van der Waals surface area contributed by atoms with Gasteiger partial charge in [-0.05, 0) is 37.5 Å². The standard InChI is InChI=1S/C16H15N2O2/c1-10-9-11(2)15-14(12(10)3)17-18(16(19)20-15)13-7-5-4-6-8-13/h4-9H,1-3H3/q+1. The van der Waals surface area contributed by atoms with Gasteiger partial charge in [-0.3, -0.25) is 0 Å². The summed E-state index contributed by atoms with van der Waals surface area (Å²) in [4.78, 5) is 12.1. The molecule has 0 aliphatic rings. The lowest BCUT2D eigenvalue weighted by atomic mass is 10.1. The van der Waals surface area contributed by atoms with Crippen LogP contribution in [0.2, 0.25) is 0 Å². The fourth-order valence-electron chi connectivity index (χ4n) is 2.30. The minimum Gasteiger partial charge on any atom is -0.367 e. The van der Waals surface area contributed by atoms with Crippen molar-refractivity contribution in [2.24, 2.45) is 0 Å². The number of fused-ring (bicyclic) bond motifs is 1. The molecule has 0 aliphatic carbocycles. The van der Waals surface area contributed by atoms with Crippen LogP contribution in [-0.4, -0.2) is 5.10 Å². The molecule has 4 heteroatoms. The molecule has 0 unspecified atom stereocenters. The molecule has 3 rings (SSSR count). The smallest absolute Gasteiger partial charge is 0.367 e. The van der Waals surface area contributed by atoms with Gasteiger partial charge in [0, 0.05) is 21.9 Å². The van der Waals surface area contributed by atoms with Crippen LogP contribution in [0.3, 0.4) is 0 Å². The highest BCUT2D eigenvalue weighted by atomic mass is 16.4. The number of aromatic nitrogens is 2. The lowest BCUT2D eigenvalue weighted by Gasteiger charge is -2.04. The van der Waals surface area contributed by atoms with E-state index < -0.39 is 5.76 Å². The van der Waals surface area contributed by atoms with Crippen molar-refractivity contribution in [3.05, 3.63) is 63.6 Å². The van der Waals surface area contributed by atoms with Gasteiger partial charge in [0.25, 0.3) is 0 Å². The van der Waals surface area contributed by atoms with Crippen LogP contribution in [0.5, 0.6) is 0 Å². The van der Waals surface area contributed by atoms with E-state index in [1.54, 1.807) is 0 Å². The maximum Gasteiger partial charge on any atom is 0.634 e. The molecule has 20 heavy (non-hydrogen) atoms. The summed E-state index contributed by atoms with van der Waals surface area (Å²) in [6.45, 7) is 5.94. The van der Waals surface area contributed by atoms with Crippen molar-refractivity contribution in [3.8, 4) is 5.69 Å². The number of aryl methyl sites for hydroxylation is 3. The molecule has 100 valence electrons. The molecule has 0 spiro atoms. The van der Waals surface area contributed by atoms with Crippen molar-refractivity contribution in [1.82, 2.24) is 5.10 Å². The van der Waals surface area contributed by atoms with E-state index in [1.165, 1.54) is 4.68 Å². The van der Waals surface area contributed by atoms with Crippen LogP contribution < -0.4 is 10.4 Å². The molecule has 4 nitrogen and oxygen atoms in total. The highest BCUT2D eigenvalue weighted by Gasteiger charge is 2.20. The highest BCUT2D eigenvalue weighted by Crippen LogP contribution is 2.21. The number of benzene rings is 2. The molecule has 0 saturated carbocycles. The fourth-order valence-corrected chi connectivity index (χ4v) is 2.30. The fraction of sp³-hybridized carbons (Fsp3) is 0.188. The Balaban J connectivity index is 2.40. The van der Waals surface area contributed by atoms with Gasteiger partial charge in [-0.15, -0.1) is 0 Å². The Hall–Kier alpha value is -2.49. The van der Waals surface area contributed by atoms with E-state index in [1.807, 2.05) is 57.2 Å². The molecule has 0 atom stereocenters. The first-order valence-electron chi connectivity index (χ1n) is 6.47. The van der Waals surface area contributed by atoms with Crippen LogP contribution in [0, 0.1) is 20.8 Å². The summed E-state index contributed by atoms with van der Waals surface area (Å²) in [7, 11) is 0. The third-order valence-electron chi connectivity index (χ3n) is 3.52. The van der Waals surface area contributed by atoms with Gasteiger partial charge < -0.3 is 4.42 Å². The molecule has 2 aromatic carbocycles. The Morgan fingerprint density at radius 1 is 1.05 bits per heavy atom. The second-order valence-corrected chi connectivity index (χ2v) is 4.93. The van der Waals surface area contributed by atoms with Gasteiger partial charge in [-0.25, -0.2) is 0 Å². The van der Waals surface area contributed by atoms with Gasteiger partial charge in [0.15, 0.2) is 11.1 Å². The maximum atomic E-state index is 12.1. The zero-order valence-electron chi connectivity index (χ0n) is 11.7. The third kappa shape index (κ3) is 1.90. The summed E-state index contributed by atoms with van der Waals surface area (Å²) in [6.07, 6.45) is 0. The SMILES string of the molecule is Cc1cc(C)c2oc(=O)[n+](-c3ccccc3)nc2c1C. The number of para-hydroxylation sites is 1. The molecule has 0 saturated heterocycles. The third-order valence-corrected chi connectivity index (χ3v) is 3.52. The monoisotopic (exact) mass is 267 g/mol. The van der Waals surface area contributed by atoms with E-state index >= 15 is 0 Å². The van der Waals surface area contributed by atoms with E-state index in [0.29, 0.717) is 11.3 Å². The average Bonchev–Trinajstić information content (AvgIpc) is 2.45. The molecular formula is C16H15N2O2+. The Bertz CT molecular complexity index is 852. The minimum atomic E-state index is -0.477. The molecule has 0 N–H and O–H groups in total. The van der Waals surface area contributed by atoms with Crippen LogP contribution in [0.15, 0.2) is 45.6 Å². The summed E-state index contributed by atoms with van der Waals surface area (Å²) in [5.41, 5.74) is 5.07.